The van der Waals surface area contributed by atoms with Gasteiger partial charge in [0, 0.05) is 21.0 Å². The number of thiophene rings is 1. The molecule has 0 radical (unpaired) electrons. The molecule has 0 fully saturated rings. The van der Waals surface area contributed by atoms with E-state index in [0.717, 1.165) is 4.70 Å². The fourth-order valence-electron chi connectivity index (χ4n) is 1.48. The largest absolute Gasteiger partial charge is 0.323 e. The fourth-order valence-corrected chi connectivity index (χ4v) is 2.47. The van der Waals surface area contributed by atoms with Gasteiger partial charge in [-0.05, 0) is 13.0 Å². The van der Waals surface area contributed by atoms with Gasteiger partial charge >= 0.3 is 0 Å². The van der Waals surface area contributed by atoms with Crippen molar-refractivity contribution in [1.29, 1.82) is 0 Å². The minimum absolute atomic E-state index is 0.0399. The van der Waals surface area contributed by atoms with Crippen molar-refractivity contribution in [2.75, 3.05) is 0 Å². The molecule has 0 aliphatic heterocycles. The topological polar surface area (TPSA) is 26.0 Å². The predicted octanol–water partition coefficient (Wildman–Crippen LogP) is 3.34. The summed E-state index contributed by atoms with van der Waals surface area (Å²) in [7, 11) is 0. The van der Waals surface area contributed by atoms with Crippen LogP contribution in [0, 0.1) is 0 Å². The third-order valence-electron chi connectivity index (χ3n) is 2.41. The molecule has 0 aliphatic carbocycles. The van der Waals surface area contributed by atoms with Crippen LogP contribution < -0.4 is 5.73 Å². The Balaban J connectivity index is 2.62. The summed E-state index contributed by atoms with van der Waals surface area (Å²) in [6.07, 6.45) is 0. The van der Waals surface area contributed by atoms with Crippen LogP contribution in [0.4, 0.5) is 8.78 Å². The van der Waals surface area contributed by atoms with Crippen molar-refractivity contribution in [2.24, 2.45) is 5.73 Å². The molecule has 0 bridgehead atoms. The number of hydrogen-bond donors (Lipinski definition) is 1. The van der Waals surface area contributed by atoms with Gasteiger partial charge in [0.05, 0.1) is 6.04 Å². The standard InChI is InChI=1S/C11H11F2NS/c1-7(14)11(12,13)9-6-15-10-5-3-2-4-8(9)10/h2-7H,14H2,1H3. The Morgan fingerprint density at radius 2 is 2.00 bits per heavy atom. The molecule has 2 rings (SSSR count). The van der Waals surface area contributed by atoms with Crippen molar-refractivity contribution < 1.29 is 8.78 Å². The molecular formula is C11H11F2NS. The Morgan fingerprint density at radius 1 is 1.33 bits per heavy atom. The first-order valence-electron chi connectivity index (χ1n) is 4.63. The highest BCUT2D eigenvalue weighted by atomic mass is 32.1. The molecule has 80 valence electrons. The SMILES string of the molecule is CC(N)C(F)(F)c1csc2ccccc12. The molecular weight excluding hydrogens is 216 g/mol. The van der Waals surface area contributed by atoms with E-state index in [9.17, 15) is 8.78 Å². The van der Waals surface area contributed by atoms with Gasteiger partial charge in [-0.25, -0.2) is 0 Å². The maximum absolute atomic E-state index is 13.7. The Labute approximate surface area is 90.5 Å². The van der Waals surface area contributed by atoms with Crippen LogP contribution in [0.15, 0.2) is 29.6 Å². The molecule has 1 nitrogen and oxygen atoms in total. The first-order valence-corrected chi connectivity index (χ1v) is 5.51. The Hall–Kier alpha value is -1.00. The summed E-state index contributed by atoms with van der Waals surface area (Å²) in [6, 6.07) is 5.97. The second-order valence-corrected chi connectivity index (χ2v) is 4.47. The quantitative estimate of drug-likeness (QED) is 0.836. The fraction of sp³-hybridized carbons (Fsp3) is 0.273. The number of benzene rings is 1. The van der Waals surface area contributed by atoms with E-state index in [-0.39, 0.29) is 5.56 Å². The Bertz CT molecular complexity index is 476. The molecule has 1 aromatic heterocycles. The first kappa shape index (κ1) is 10.5. The van der Waals surface area contributed by atoms with E-state index in [0.29, 0.717) is 5.39 Å². The highest BCUT2D eigenvalue weighted by Gasteiger charge is 2.38. The predicted molar refractivity (Wildman–Crippen MR) is 59.4 cm³/mol. The number of alkyl halides is 2. The first-order chi connectivity index (χ1) is 7.03. The molecule has 1 heterocycles. The third-order valence-corrected chi connectivity index (χ3v) is 3.38. The number of halogens is 2. The van der Waals surface area contributed by atoms with Gasteiger partial charge in [0.1, 0.15) is 0 Å². The summed E-state index contributed by atoms with van der Waals surface area (Å²) in [5.41, 5.74) is 5.35. The summed E-state index contributed by atoms with van der Waals surface area (Å²) in [6.45, 7) is 1.33. The second kappa shape index (κ2) is 3.54. The second-order valence-electron chi connectivity index (χ2n) is 3.56. The van der Waals surface area contributed by atoms with Gasteiger partial charge in [0.15, 0.2) is 0 Å². The van der Waals surface area contributed by atoms with Crippen molar-refractivity contribution in [2.45, 2.75) is 18.9 Å². The van der Waals surface area contributed by atoms with Gasteiger partial charge in [-0.3, -0.25) is 0 Å². The summed E-state index contributed by atoms with van der Waals surface area (Å²) < 4.78 is 28.3. The minimum atomic E-state index is -2.96. The van der Waals surface area contributed by atoms with Crippen LogP contribution in [-0.2, 0) is 5.92 Å². The van der Waals surface area contributed by atoms with Gasteiger partial charge in [0.2, 0.25) is 0 Å². The molecule has 0 amide bonds. The van der Waals surface area contributed by atoms with Crippen LogP contribution in [0.1, 0.15) is 12.5 Å². The summed E-state index contributed by atoms with van der Waals surface area (Å²) in [5, 5.41) is 2.10. The van der Waals surface area contributed by atoms with Crippen LogP contribution in [0.2, 0.25) is 0 Å². The van der Waals surface area contributed by atoms with Gasteiger partial charge in [-0.15, -0.1) is 11.3 Å². The van der Waals surface area contributed by atoms with E-state index in [2.05, 4.69) is 0 Å². The zero-order valence-electron chi connectivity index (χ0n) is 8.21. The van der Waals surface area contributed by atoms with Crippen LogP contribution in [-0.4, -0.2) is 6.04 Å². The number of fused-ring (bicyclic) bond motifs is 1. The highest BCUT2D eigenvalue weighted by molar-refractivity contribution is 7.17. The molecule has 1 aromatic carbocycles. The molecule has 0 aliphatic rings. The van der Waals surface area contributed by atoms with Crippen molar-refractivity contribution in [3.8, 4) is 0 Å². The molecule has 2 N–H and O–H groups in total. The highest BCUT2D eigenvalue weighted by Crippen LogP contribution is 2.38. The van der Waals surface area contributed by atoms with Crippen molar-refractivity contribution in [3.63, 3.8) is 0 Å². The van der Waals surface area contributed by atoms with E-state index in [4.69, 9.17) is 5.73 Å². The van der Waals surface area contributed by atoms with Gasteiger partial charge in [-0.1, -0.05) is 18.2 Å². The van der Waals surface area contributed by atoms with Crippen molar-refractivity contribution in [3.05, 3.63) is 35.2 Å². The monoisotopic (exact) mass is 227 g/mol. The van der Waals surface area contributed by atoms with Gasteiger partial charge in [0.25, 0.3) is 5.92 Å². The lowest BCUT2D eigenvalue weighted by atomic mass is 10.0. The Morgan fingerprint density at radius 3 is 2.67 bits per heavy atom. The summed E-state index contributed by atoms with van der Waals surface area (Å²) in [5.74, 6) is -2.96. The van der Waals surface area contributed by atoms with Crippen LogP contribution >= 0.6 is 11.3 Å². The lowest BCUT2D eigenvalue weighted by molar-refractivity contribution is -0.0238. The van der Waals surface area contributed by atoms with E-state index >= 15 is 0 Å². The zero-order valence-corrected chi connectivity index (χ0v) is 9.02. The number of hydrogen-bond acceptors (Lipinski definition) is 2. The molecule has 0 saturated carbocycles. The molecule has 1 atom stereocenters. The van der Waals surface area contributed by atoms with Crippen LogP contribution in [0.5, 0.6) is 0 Å². The van der Waals surface area contributed by atoms with E-state index in [1.54, 1.807) is 12.1 Å². The maximum atomic E-state index is 13.7. The lowest BCUT2D eigenvalue weighted by Crippen LogP contribution is -2.35. The number of nitrogens with two attached hydrogens (primary N) is 1. The lowest BCUT2D eigenvalue weighted by Gasteiger charge is -2.19. The van der Waals surface area contributed by atoms with Crippen LogP contribution in [0.25, 0.3) is 10.1 Å². The van der Waals surface area contributed by atoms with Crippen LogP contribution in [0.3, 0.4) is 0 Å². The minimum Gasteiger partial charge on any atom is -0.323 e. The Kier molecular flexibility index (Phi) is 2.48. The molecule has 0 spiro atoms. The van der Waals surface area contributed by atoms with Crippen molar-refractivity contribution >= 4 is 21.4 Å². The average molecular weight is 227 g/mol. The molecule has 0 saturated heterocycles. The molecule has 2 aromatic rings. The summed E-state index contributed by atoms with van der Waals surface area (Å²) >= 11 is 1.32. The molecule has 4 heteroatoms. The smallest absolute Gasteiger partial charge is 0.289 e. The summed E-state index contributed by atoms with van der Waals surface area (Å²) in [4.78, 5) is 0. The zero-order chi connectivity index (χ0) is 11.1. The third kappa shape index (κ3) is 1.64. The van der Waals surface area contributed by atoms with Gasteiger partial charge < -0.3 is 5.73 Å². The number of rotatable bonds is 2. The van der Waals surface area contributed by atoms with Gasteiger partial charge in [-0.2, -0.15) is 8.78 Å². The normalized spacial score (nSPS) is 14.4. The van der Waals surface area contributed by atoms with E-state index in [1.807, 2.05) is 12.1 Å². The molecule has 1 unspecified atom stereocenters. The van der Waals surface area contributed by atoms with E-state index < -0.39 is 12.0 Å². The van der Waals surface area contributed by atoms with Crippen molar-refractivity contribution in [1.82, 2.24) is 0 Å². The maximum Gasteiger partial charge on any atom is 0.289 e. The molecule has 15 heavy (non-hydrogen) atoms. The van der Waals surface area contributed by atoms with E-state index in [1.165, 1.54) is 23.6 Å². The average Bonchev–Trinajstić information content (AvgIpc) is 2.61.